The van der Waals surface area contributed by atoms with Crippen LogP contribution in [0, 0.1) is 0 Å². The molecule has 0 aliphatic rings. The van der Waals surface area contributed by atoms with Gasteiger partial charge in [0.15, 0.2) is 0 Å². The monoisotopic (exact) mass is 174 g/mol. The van der Waals surface area contributed by atoms with Crippen LogP contribution in [0.25, 0.3) is 0 Å². The zero-order chi connectivity index (χ0) is 2.00. The Kier molecular flexibility index (Phi) is 446. The van der Waals surface area contributed by atoms with Gasteiger partial charge in [-0.25, -0.2) is 0 Å². The Bertz CT molecular complexity index is 9.61. The van der Waals surface area contributed by atoms with Crippen molar-refractivity contribution in [1.82, 2.24) is 0 Å². The predicted molar refractivity (Wildman–Crippen MR) is 11.5 cm³/mol. The van der Waals surface area contributed by atoms with E-state index in [1.165, 1.54) is 0 Å². The molecule has 0 amide bonds. The van der Waals surface area contributed by atoms with Gasteiger partial charge >= 0.3 is 42.2 Å². The maximum atomic E-state index is 3.96. The number of hydrogen-bond acceptors (Lipinski definition) is 3. The average molecular weight is 174 g/mol. The van der Waals surface area contributed by atoms with Gasteiger partial charge < -0.3 is 11.0 Å². The first-order valence-electron chi connectivity index (χ1n) is 0.167. The number of hydrogen-bond donors (Lipinski definition) is 0. The summed E-state index contributed by atoms with van der Waals surface area (Å²) in [5.74, 6) is 0. The van der Waals surface area contributed by atoms with Crippen molar-refractivity contribution in [2.75, 3.05) is 0 Å². The van der Waals surface area contributed by atoms with Crippen molar-refractivity contribution in [1.29, 1.82) is 0 Å². The Morgan fingerprint density at radius 2 is 1.00 bits per heavy atom. The van der Waals surface area contributed by atoms with Gasteiger partial charge in [0.05, 0.1) is 0 Å². The predicted octanol–water partition coefficient (Wildman–Crippen LogP) is 0.290. The van der Waals surface area contributed by atoms with Crippen molar-refractivity contribution < 1.29 is 42.7 Å². The molecule has 0 saturated heterocycles. The van der Waals surface area contributed by atoms with E-state index in [2.05, 4.69) is 25.1 Å². The first-order valence-corrected chi connectivity index (χ1v) is 2.06. The number of rotatable bonds is 0. The van der Waals surface area contributed by atoms with E-state index in [-0.39, 0.29) is 28.0 Å². The summed E-state index contributed by atoms with van der Waals surface area (Å²) in [5, 5.41) is 0. The van der Waals surface area contributed by atoms with Gasteiger partial charge in [0.25, 0.3) is 0 Å². The van der Waals surface area contributed by atoms with E-state index in [1.807, 2.05) is 0 Å². The third-order valence-electron chi connectivity index (χ3n) is 0. The summed E-state index contributed by atoms with van der Waals surface area (Å²) in [7, 11) is 3.96. The molecule has 0 aromatic rings. The molecule has 0 aromatic heterocycles. The molecule has 0 bridgehead atoms. The molecule has 0 atom stereocenters. The van der Waals surface area contributed by atoms with E-state index in [9.17, 15) is 0 Å². The fourth-order valence-corrected chi connectivity index (χ4v) is 0. The van der Waals surface area contributed by atoms with E-state index >= 15 is 0 Å². The molecule has 0 aliphatic carbocycles. The van der Waals surface area contributed by atoms with Gasteiger partial charge in [0.1, 0.15) is 0 Å². The first-order chi connectivity index (χ1) is 1.00. The molecular weight excluding hydrogens is 172 g/mol. The van der Waals surface area contributed by atoms with Crippen LogP contribution in [0.5, 0.6) is 0 Å². The summed E-state index contributed by atoms with van der Waals surface area (Å²) in [4.78, 5) is 0. The van der Waals surface area contributed by atoms with E-state index in [0.717, 1.165) is 0 Å². The second-order valence-corrected chi connectivity index (χ2v) is 0. The standard InChI is InChI=1S/Cr.Fe.2H2O.S/h;;2*1H2;/q;+2;;;/p-2. The summed E-state index contributed by atoms with van der Waals surface area (Å²) in [5.41, 5.74) is 0. The maximum absolute atomic E-state index is 3.96. The van der Waals surface area contributed by atoms with Crippen LogP contribution in [0.1, 0.15) is 0 Å². The Balaban J connectivity index is -0.00000000167. The molecule has 0 fully saturated rings. The molecule has 0 unspecified atom stereocenters. The van der Waals surface area contributed by atoms with Gasteiger partial charge in [0.2, 0.25) is 0 Å². The van der Waals surface area contributed by atoms with E-state index in [4.69, 9.17) is 0 Å². The van der Waals surface area contributed by atoms with Crippen molar-refractivity contribution in [3.8, 4) is 0 Å². The molecule has 2 N–H and O–H groups in total. The van der Waals surface area contributed by atoms with Gasteiger partial charge in [-0.1, -0.05) is 0 Å². The molecule has 0 heterocycles. The summed E-state index contributed by atoms with van der Waals surface area (Å²) in [6.45, 7) is 0. The van der Waals surface area contributed by atoms with Crippen molar-refractivity contribution in [3.63, 3.8) is 0 Å². The summed E-state index contributed by atoms with van der Waals surface area (Å²) in [6, 6.07) is 0. The van der Waals surface area contributed by atoms with Crippen LogP contribution in [-0.2, 0) is 31.7 Å². The SMILES string of the molecule is [Fe+2].[OH-].[OH-].[S]=[Cr]. The normalized spacial score (nSPS) is 0.800. The van der Waals surface area contributed by atoms with Gasteiger partial charge in [-0.3, -0.25) is 0 Å². The van der Waals surface area contributed by atoms with Crippen LogP contribution < -0.4 is 0 Å². The molecule has 0 spiro atoms. The molecule has 0 aliphatic heterocycles. The third kappa shape index (κ3) is 37.2. The van der Waals surface area contributed by atoms with Gasteiger partial charge in [-0.2, -0.15) is 0 Å². The van der Waals surface area contributed by atoms with Crippen LogP contribution >= 0.6 is 10.5 Å². The molecule has 0 aromatic carbocycles. The van der Waals surface area contributed by atoms with Crippen molar-refractivity contribution in [2.45, 2.75) is 0 Å². The van der Waals surface area contributed by atoms with Crippen molar-refractivity contribution in [3.05, 3.63) is 0 Å². The fraction of sp³-hybridized carbons (Fsp3) is 0. The molecule has 0 radical (unpaired) electrons. The molecule has 0 rings (SSSR count). The minimum absolute atomic E-state index is 0. The molecule has 34 valence electrons. The van der Waals surface area contributed by atoms with Gasteiger partial charge in [-0.05, 0) is 0 Å². The third-order valence-corrected chi connectivity index (χ3v) is 0. The van der Waals surface area contributed by atoms with Crippen LogP contribution in [0.15, 0.2) is 0 Å². The molecule has 0 saturated carbocycles. The second-order valence-electron chi connectivity index (χ2n) is 0. The van der Waals surface area contributed by atoms with Crippen molar-refractivity contribution >= 4 is 10.5 Å². The minimum atomic E-state index is 0. The quantitative estimate of drug-likeness (QED) is 0.495. The van der Waals surface area contributed by atoms with Gasteiger partial charge in [-0.15, -0.1) is 0 Å². The Morgan fingerprint density at radius 1 is 1.00 bits per heavy atom. The van der Waals surface area contributed by atoms with E-state index in [1.54, 1.807) is 0 Å². The summed E-state index contributed by atoms with van der Waals surface area (Å²) in [6.07, 6.45) is 0. The van der Waals surface area contributed by atoms with Crippen LogP contribution in [0.4, 0.5) is 0 Å². The summed E-state index contributed by atoms with van der Waals surface area (Å²) < 4.78 is 0. The second kappa shape index (κ2) is 64.2. The van der Waals surface area contributed by atoms with Crippen LogP contribution in [0.2, 0.25) is 0 Å². The van der Waals surface area contributed by atoms with E-state index in [0.29, 0.717) is 0 Å². The molecule has 5 heteroatoms. The Hall–Kier alpha value is 1.19. The molecule has 2 nitrogen and oxygen atoms in total. The topological polar surface area (TPSA) is 60.0 Å². The van der Waals surface area contributed by atoms with Crippen LogP contribution in [-0.4, -0.2) is 11.0 Å². The Morgan fingerprint density at radius 3 is 1.00 bits per heavy atom. The zero-order valence-corrected chi connectivity index (χ0v) is 5.26. The molecule has 5 heavy (non-hydrogen) atoms. The van der Waals surface area contributed by atoms with Crippen LogP contribution in [0.3, 0.4) is 0 Å². The zero-order valence-electron chi connectivity index (χ0n) is 2.06. The Labute approximate surface area is 53.3 Å². The van der Waals surface area contributed by atoms with E-state index < -0.39 is 0 Å². The van der Waals surface area contributed by atoms with Gasteiger partial charge in [0, 0.05) is 0 Å². The van der Waals surface area contributed by atoms with Crippen molar-refractivity contribution in [2.24, 2.45) is 0 Å². The molecular formula is H2CrFeO2S. The average Bonchev–Trinajstić information content (AvgIpc) is 1.00. The first kappa shape index (κ1) is 34.7. The summed E-state index contributed by atoms with van der Waals surface area (Å²) >= 11 is 2.21. The fourth-order valence-electron chi connectivity index (χ4n) is 0.